The largest absolute Gasteiger partial charge is 0.493 e. The van der Waals surface area contributed by atoms with Gasteiger partial charge >= 0.3 is 12.0 Å². The summed E-state index contributed by atoms with van der Waals surface area (Å²) in [6.07, 6.45) is 3.45. The van der Waals surface area contributed by atoms with E-state index in [0.717, 1.165) is 31.5 Å². The molecule has 0 radical (unpaired) electrons. The molecule has 1 atom stereocenters. The van der Waals surface area contributed by atoms with Crippen molar-refractivity contribution in [3.05, 3.63) is 35.0 Å². The van der Waals surface area contributed by atoms with Gasteiger partial charge in [-0.2, -0.15) is 0 Å². The van der Waals surface area contributed by atoms with Gasteiger partial charge in [0, 0.05) is 12.2 Å². The molecule has 2 heterocycles. The smallest absolute Gasteiger partial charge is 0.338 e. The number of benzene rings is 1. The van der Waals surface area contributed by atoms with Crippen LogP contribution < -0.4 is 20.1 Å². The highest BCUT2D eigenvalue weighted by molar-refractivity contribution is 5.95. The van der Waals surface area contributed by atoms with E-state index in [4.69, 9.17) is 14.2 Å². The van der Waals surface area contributed by atoms with E-state index < -0.39 is 12.0 Å². The van der Waals surface area contributed by atoms with Crippen molar-refractivity contribution in [2.75, 3.05) is 40.5 Å². The first-order valence-electron chi connectivity index (χ1n) is 9.99. The van der Waals surface area contributed by atoms with Crippen LogP contribution in [0.1, 0.15) is 37.8 Å². The minimum atomic E-state index is -0.637. The number of esters is 1. The highest BCUT2D eigenvalue weighted by Gasteiger charge is 2.34. The van der Waals surface area contributed by atoms with E-state index in [1.165, 1.54) is 6.42 Å². The zero-order chi connectivity index (χ0) is 20.8. The average molecular weight is 403 g/mol. The van der Waals surface area contributed by atoms with Crippen LogP contribution in [0.25, 0.3) is 0 Å². The number of methoxy groups -OCH3 is 2. The summed E-state index contributed by atoms with van der Waals surface area (Å²) in [5.74, 6) is 0.664. The second kappa shape index (κ2) is 9.65. The van der Waals surface area contributed by atoms with Crippen LogP contribution in [-0.2, 0) is 9.53 Å². The van der Waals surface area contributed by atoms with Crippen molar-refractivity contribution >= 4 is 12.0 Å². The standard InChI is InChI=1S/C21H29N3O5/c1-4-29-20(25)18-15(13-24-10-6-5-7-11-24)22-21(26)23-19(18)14-8-9-16(27-2)17(12-14)28-3/h8-9,12,19H,4-7,10-11,13H2,1-3H3,(H2,22,23,26)/t19-/m1/s1. The van der Waals surface area contributed by atoms with Gasteiger partial charge in [-0.3, -0.25) is 4.90 Å². The van der Waals surface area contributed by atoms with Crippen LogP contribution >= 0.6 is 0 Å². The molecule has 158 valence electrons. The summed E-state index contributed by atoms with van der Waals surface area (Å²) >= 11 is 0. The number of carbonyl (C=O) groups excluding carboxylic acids is 2. The molecule has 0 unspecified atom stereocenters. The number of carbonyl (C=O) groups is 2. The fourth-order valence-electron chi connectivity index (χ4n) is 3.82. The van der Waals surface area contributed by atoms with Crippen molar-refractivity contribution in [1.82, 2.24) is 15.5 Å². The minimum Gasteiger partial charge on any atom is -0.493 e. The predicted molar refractivity (Wildman–Crippen MR) is 108 cm³/mol. The summed E-state index contributed by atoms with van der Waals surface area (Å²) in [6.45, 7) is 4.42. The second-order valence-electron chi connectivity index (χ2n) is 7.10. The normalized spacial score (nSPS) is 20.0. The Morgan fingerprint density at radius 3 is 2.52 bits per heavy atom. The van der Waals surface area contributed by atoms with Gasteiger partial charge in [-0.25, -0.2) is 9.59 Å². The molecular formula is C21H29N3O5. The van der Waals surface area contributed by atoms with E-state index in [1.807, 2.05) is 6.07 Å². The number of nitrogens with one attached hydrogen (secondary N) is 2. The number of hydrogen-bond donors (Lipinski definition) is 2. The van der Waals surface area contributed by atoms with E-state index in [0.29, 0.717) is 29.3 Å². The average Bonchev–Trinajstić information content (AvgIpc) is 2.73. The summed E-state index contributed by atoms with van der Waals surface area (Å²) in [5, 5.41) is 5.69. The SMILES string of the molecule is CCOC(=O)C1=C(CN2CCCCC2)NC(=O)N[C@@H]1c1ccc(OC)c(OC)c1. The number of rotatable bonds is 7. The van der Waals surface area contributed by atoms with Gasteiger partial charge in [0.2, 0.25) is 0 Å². The molecule has 0 bridgehead atoms. The van der Waals surface area contributed by atoms with Crippen molar-refractivity contribution in [2.24, 2.45) is 0 Å². The monoisotopic (exact) mass is 403 g/mol. The molecular weight excluding hydrogens is 374 g/mol. The molecule has 8 heteroatoms. The lowest BCUT2D eigenvalue weighted by atomic mass is 9.94. The third kappa shape index (κ3) is 4.82. The highest BCUT2D eigenvalue weighted by Crippen LogP contribution is 2.34. The lowest BCUT2D eigenvalue weighted by Crippen LogP contribution is -2.49. The van der Waals surface area contributed by atoms with E-state index in [-0.39, 0.29) is 12.6 Å². The van der Waals surface area contributed by atoms with Crippen molar-refractivity contribution in [1.29, 1.82) is 0 Å². The van der Waals surface area contributed by atoms with Crippen molar-refractivity contribution in [3.63, 3.8) is 0 Å². The third-order valence-corrected chi connectivity index (χ3v) is 5.22. The maximum Gasteiger partial charge on any atom is 0.338 e. The quantitative estimate of drug-likeness (QED) is 0.680. The first kappa shape index (κ1) is 21.0. The Morgan fingerprint density at radius 1 is 1.14 bits per heavy atom. The van der Waals surface area contributed by atoms with Crippen LogP contribution in [-0.4, -0.2) is 57.4 Å². The Labute approximate surface area is 171 Å². The summed E-state index contributed by atoms with van der Waals surface area (Å²) < 4.78 is 16.0. The van der Waals surface area contributed by atoms with Crippen LogP contribution in [0.3, 0.4) is 0 Å². The Kier molecular flexibility index (Phi) is 6.98. The molecule has 0 aliphatic carbocycles. The molecule has 2 aliphatic rings. The van der Waals surface area contributed by atoms with Crippen molar-refractivity contribution in [3.8, 4) is 11.5 Å². The van der Waals surface area contributed by atoms with Crippen molar-refractivity contribution < 1.29 is 23.8 Å². The molecule has 0 spiro atoms. The van der Waals surface area contributed by atoms with Gasteiger partial charge in [0.15, 0.2) is 11.5 Å². The number of amides is 2. The number of likely N-dealkylation sites (tertiary alicyclic amines) is 1. The van der Waals surface area contributed by atoms with Gasteiger partial charge in [0.1, 0.15) is 0 Å². The Balaban J connectivity index is 2.01. The molecule has 3 rings (SSSR count). The van der Waals surface area contributed by atoms with Gasteiger partial charge in [0.25, 0.3) is 0 Å². The van der Waals surface area contributed by atoms with Crippen LogP contribution in [0.5, 0.6) is 11.5 Å². The van der Waals surface area contributed by atoms with E-state index in [2.05, 4.69) is 15.5 Å². The van der Waals surface area contributed by atoms with Crippen LogP contribution in [0, 0.1) is 0 Å². The van der Waals surface area contributed by atoms with Gasteiger partial charge in [-0.1, -0.05) is 12.5 Å². The Morgan fingerprint density at radius 2 is 1.86 bits per heavy atom. The van der Waals surface area contributed by atoms with Crippen molar-refractivity contribution in [2.45, 2.75) is 32.2 Å². The minimum absolute atomic E-state index is 0.256. The molecule has 1 aromatic carbocycles. The molecule has 1 aromatic rings. The van der Waals surface area contributed by atoms with Crippen LogP contribution in [0.2, 0.25) is 0 Å². The lowest BCUT2D eigenvalue weighted by Gasteiger charge is -2.33. The fourth-order valence-corrected chi connectivity index (χ4v) is 3.82. The number of ether oxygens (including phenoxy) is 3. The number of piperidine rings is 1. The molecule has 0 saturated carbocycles. The van der Waals surface area contributed by atoms with E-state index in [1.54, 1.807) is 33.3 Å². The third-order valence-electron chi connectivity index (χ3n) is 5.22. The topological polar surface area (TPSA) is 89.1 Å². The summed E-state index contributed by atoms with van der Waals surface area (Å²) in [4.78, 5) is 27.6. The molecule has 2 amide bonds. The van der Waals surface area contributed by atoms with Crippen LogP contribution in [0.15, 0.2) is 29.5 Å². The first-order valence-corrected chi connectivity index (χ1v) is 9.99. The maximum absolute atomic E-state index is 12.9. The maximum atomic E-state index is 12.9. The second-order valence-corrected chi connectivity index (χ2v) is 7.10. The summed E-state index contributed by atoms with van der Waals surface area (Å²) in [5.41, 5.74) is 1.73. The molecule has 2 aliphatic heterocycles. The molecule has 2 N–H and O–H groups in total. The zero-order valence-electron chi connectivity index (χ0n) is 17.2. The number of nitrogens with zero attached hydrogens (tertiary/aromatic N) is 1. The molecule has 8 nitrogen and oxygen atoms in total. The summed E-state index contributed by atoms with van der Waals surface area (Å²) in [7, 11) is 3.11. The lowest BCUT2D eigenvalue weighted by molar-refractivity contribution is -0.139. The Hall–Kier alpha value is -2.74. The van der Waals surface area contributed by atoms with Gasteiger partial charge in [-0.05, 0) is 50.6 Å². The van der Waals surface area contributed by atoms with Crippen LogP contribution in [0.4, 0.5) is 4.79 Å². The summed E-state index contributed by atoms with van der Waals surface area (Å²) in [6, 6.07) is 4.37. The van der Waals surface area contributed by atoms with Gasteiger partial charge in [0.05, 0.1) is 32.4 Å². The molecule has 1 fully saturated rings. The highest BCUT2D eigenvalue weighted by atomic mass is 16.5. The van der Waals surface area contributed by atoms with Gasteiger partial charge < -0.3 is 24.8 Å². The van der Waals surface area contributed by atoms with E-state index >= 15 is 0 Å². The number of urea groups is 1. The van der Waals surface area contributed by atoms with Gasteiger partial charge in [-0.15, -0.1) is 0 Å². The Bertz CT molecular complexity index is 787. The molecule has 1 saturated heterocycles. The molecule has 29 heavy (non-hydrogen) atoms. The predicted octanol–water partition coefficient (Wildman–Crippen LogP) is 2.36. The fraction of sp³-hybridized carbons (Fsp3) is 0.524. The first-order chi connectivity index (χ1) is 14.1. The molecule has 0 aromatic heterocycles. The zero-order valence-corrected chi connectivity index (χ0v) is 17.2. The number of hydrogen-bond acceptors (Lipinski definition) is 6. The van der Waals surface area contributed by atoms with E-state index in [9.17, 15) is 9.59 Å².